The lowest BCUT2D eigenvalue weighted by atomic mass is 10.2. The molecule has 0 aliphatic carbocycles. The molecule has 0 N–H and O–H groups in total. The third-order valence-electron chi connectivity index (χ3n) is 2.46. The van der Waals surface area contributed by atoms with Crippen molar-refractivity contribution in [3.8, 4) is 0 Å². The summed E-state index contributed by atoms with van der Waals surface area (Å²) in [6.45, 7) is 2.14. The predicted octanol–water partition coefficient (Wildman–Crippen LogP) is 4.74. The van der Waals surface area contributed by atoms with Gasteiger partial charge in [-0.3, -0.25) is 4.79 Å². The topological polar surface area (TPSA) is 26.3 Å². The summed E-state index contributed by atoms with van der Waals surface area (Å²) in [5, 5.41) is 0. The summed E-state index contributed by atoms with van der Waals surface area (Å²) in [7, 11) is 1.42. The molecule has 0 aliphatic rings. The number of methoxy groups -OCH3 is 1. The highest BCUT2D eigenvalue weighted by atomic mass is 16.5. The third kappa shape index (κ3) is 14.4. The van der Waals surface area contributed by atoms with Crippen LogP contribution < -0.4 is 0 Å². The Bertz CT molecular complexity index is 322. The van der Waals surface area contributed by atoms with E-state index in [0.29, 0.717) is 6.42 Å². The molecule has 0 heterocycles. The van der Waals surface area contributed by atoms with E-state index in [4.69, 9.17) is 0 Å². The minimum atomic E-state index is -0.151. The van der Waals surface area contributed by atoms with Crippen molar-refractivity contribution in [3.05, 3.63) is 48.6 Å². The van der Waals surface area contributed by atoms with Crippen molar-refractivity contribution < 1.29 is 9.53 Å². The lowest BCUT2D eigenvalue weighted by molar-refractivity contribution is -0.140. The first-order valence-corrected chi connectivity index (χ1v) is 6.98. The van der Waals surface area contributed by atoms with Crippen LogP contribution in [0.1, 0.15) is 45.4 Å². The Labute approximate surface area is 117 Å². The summed E-state index contributed by atoms with van der Waals surface area (Å²) in [5.41, 5.74) is 0. The Kier molecular flexibility index (Phi) is 13.3. The van der Waals surface area contributed by atoms with Crippen LogP contribution in [0.5, 0.6) is 0 Å². The Balaban J connectivity index is 3.45. The van der Waals surface area contributed by atoms with Crippen molar-refractivity contribution >= 4 is 5.97 Å². The molecule has 0 unspecified atom stereocenters. The lowest BCUT2D eigenvalue weighted by Crippen LogP contribution is -1.97. The zero-order valence-electron chi connectivity index (χ0n) is 12.2. The number of carbonyl (C=O) groups is 1. The maximum Gasteiger partial charge on any atom is 0.305 e. The molecule has 0 saturated heterocycles. The van der Waals surface area contributed by atoms with Gasteiger partial charge in [0.1, 0.15) is 0 Å². The number of ether oxygens (including phenoxy) is 1. The van der Waals surface area contributed by atoms with Gasteiger partial charge in [-0.2, -0.15) is 0 Å². The molecule has 2 heteroatoms. The average molecular weight is 262 g/mol. The Hall–Kier alpha value is -1.57. The van der Waals surface area contributed by atoms with Crippen molar-refractivity contribution in [2.24, 2.45) is 0 Å². The number of hydrogen-bond donors (Lipinski definition) is 0. The van der Waals surface area contributed by atoms with Crippen LogP contribution in [0.2, 0.25) is 0 Å². The number of esters is 1. The first-order valence-electron chi connectivity index (χ1n) is 6.98. The van der Waals surface area contributed by atoms with Gasteiger partial charge in [0, 0.05) is 6.42 Å². The minimum absolute atomic E-state index is 0.151. The van der Waals surface area contributed by atoms with Gasteiger partial charge in [0.2, 0.25) is 0 Å². The highest BCUT2D eigenvalue weighted by Crippen LogP contribution is 1.97. The van der Waals surface area contributed by atoms with E-state index in [-0.39, 0.29) is 5.97 Å². The van der Waals surface area contributed by atoms with Crippen molar-refractivity contribution in [1.82, 2.24) is 0 Å². The second kappa shape index (κ2) is 14.5. The molecule has 0 bridgehead atoms. The summed E-state index contributed by atoms with van der Waals surface area (Å²) >= 11 is 0. The van der Waals surface area contributed by atoms with Gasteiger partial charge in [-0.15, -0.1) is 0 Å². The van der Waals surface area contributed by atoms with Crippen LogP contribution >= 0.6 is 0 Å². The fraction of sp³-hybridized carbons (Fsp3) is 0.471. The molecule has 0 aromatic rings. The van der Waals surface area contributed by atoms with Crippen LogP contribution in [0.25, 0.3) is 0 Å². The third-order valence-corrected chi connectivity index (χ3v) is 2.46. The number of carbonyl (C=O) groups excluding carboxylic acids is 1. The van der Waals surface area contributed by atoms with Crippen molar-refractivity contribution in [2.45, 2.75) is 45.4 Å². The lowest BCUT2D eigenvalue weighted by Gasteiger charge is -1.93. The zero-order chi connectivity index (χ0) is 14.2. The summed E-state index contributed by atoms with van der Waals surface area (Å²) in [5.74, 6) is -0.151. The SMILES string of the molecule is CC/C=C/C/C=C/C/C=C/C/C=C/CCC(=O)OC. The molecule has 19 heavy (non-hydrogen) atoms. The largest absolute Gasteiger partial charge is 0.469 e. The molecule has 0 saturated carbocycles. The number of allylic oxidation sites excluding steroid dienone is 8. The molecule has 106 valence electrons. The zero-order valence-corrected chi connectivity index (χ0v) is 12.2. The van der Waals surface area contributed by atoms with Crippen LogP contribution in [0.3, 0.4) is 0 Å². The number of rotatable bonds is 10. The quantitative estimate of drug-likeness (QED) is 0.419. The van der Waals surface area contributed by atoms with Crippen LogP contribution in [-0.2, 0) is 9.53 Å². The Morgan fingerprint density at radius 2 is 1.32 bits per heavy atom. The smallest absolute Gasteiger partial charge is 0.305 e. The van der Waals surface area contributed by atoms with Gasteiger partial charge < -0.3 is 4.74 Å². The highest BCUT2D eigenvalue weighted by Gasteiger charge is 1.94. The van der Waals surface area contributed by atoms with Crippen LogP contribution in [0.15, 0.2) is 48.6 Å². The standard InChI is InChI=1S/C17H26O2/c1-3-4-5-6-7-8-9-10-11-12-13-14-15-16-17(18)19-2/h4-5,7-8,10-11,13-14H,3,6,9,12,15-16H2,1-2H3/b5-4+,8-7+,11-10+,14-13+. The molecule has 0 aromatic carbocycles. The summed E-state index contributed by atoms with van der Waals surface area (Å²) < 4.78 is 4.56. The van der Waals surface area contributed by atoms with E-state index in [1.165, 1.54) is 7.11 Å². The molecule has 0 fully saturated rings. The van der Waals surface area contributed by atoms with E-state index in [9.17, 15) is 4.79 Å². The van der Waals surface area contributed by atoms with Gasteiger partial charge in [0.25, 0.3) is 0 Å². The van der Waals surface area contributed by atoms with Crippen molar-refractivity contribution in [1.29, 1.82) is 0 Å². The van der Waals surface area contributed by atoms with Crippen molar-refractivity contribution in [3.63, 3.8) is 0 Å². The molecular weight excluding hydrogens is 236 g/mol. The maximum absolute atomic E-state index is 10.8. The van der Waals surface area contributed by atoms with Gasteiger partial charge in [0.05, 0.1) is 7.11 Å². The van der Waals surface area contributed by atoms with Crippen LogP contribution in [0.4, 0.5) is 0 Å². The second-order valence-electron chi connectivity index (χ2n) is 4.12. The fourth-order valence-electron chi connectivity index (χ4n) is 1.40. The maximum atomic E-state index is 10.8. The average Bonchev–Trinajstić information content (AvgIpc) is 2.43. The normalized spacial score (nSPS) is 12.3. The van der Waals surface area contributed by atoms with Gasteiger partial charge in [0.15, 0.2) is 0 Å². The minimum Gasteiger partial charge on any atom is -0.469 e. The molecule has 0 spiro atoms. The summed E-state index contributed by atoms with van der Waals surface area (Å²) in [4.78, 5) is 10.8. The van der Waals surface area contributed by atoms with E-state index >= 15 is 0 Å². The van der Waals surface area contributed by atoms with Gasteiger partial charge in [-0.1, -0.05) is 55.5 Å². The van der Waals surface area contributed by atoms with Crippen LogP contribution in [-0.4, -0.2) is 13.1 Å². The van der Waals surface area contributed by atoms with E-state index in [1.54, 1.807) is 0 Å². The van der Waals surface area contributed by atoms with Crippen molar-refractivity contribution in [2.75, 3.05) is 7.11 Å². The monoisotopic (exact) mass is 262 g/mol. The van der Waals surface area contributed by atoms with E-state index in [1.807, 2.05) is 6.08 Å². The number of hydrogen-bond acceptors (Lipinski definition) is 2. The molecule has 0 aromatic heterocycles. The van der Waals surface area contributed by atoms with E-state index in [0.717, 1.165) is 32.1 Å². The Morgan fingerprint density at radius 1 is 0.842 bits per heavy atom. The molecule has 0 rings (SSSR count). The molecule has 0 atom stereocenters. The van der Waals surface area contributed by atoms with Gasteiger partial charge >= 0.3 is 5.97 Å². The first-order chi connectivity index (χ1) is 9.31. The second-order valence-corrected chi connectivity index (χ2v) is 4.12. The van der Waals surface area contributed by atoms with Gasteiger partial charge in [-0.25, -0.2) is 0 Å². The summed E-state index contributed by atoms with van der Waals surface area (Å²) in [6.07, 6.45) is 22.4. The molecule has 0 aliphatic heterocycles. The van der Waals surface area contributed by atoms with Gasteiger partial charge in [-0.05, 0) is 32.1 Å². The van der Waals surface area contributed by atoms with E-state index in [2.05, 4.69) is 54.2 Å². The first kappa shape index (κ1) is 17.4. The van der Waals surface area contributed by atoms with E-state index < -0.39 is 0 Å². The van der Waals surface area contributed by atoms with Crippen LogP contribution in [0, 0.1) is 0 Å². The fourth-order valence-corrected chi connectivity index (χ4v) is 1.40. The highest BCUT2D eigenvalue weighted by molar-refractivity contribution is 5.69. The molecule has 2 nitrogen and oxygen atoms in total. The molecular formula is C17H26O2. The Morgan fingerprint density at radius 3 is 1.79 bits per heavy atom. The molecule has 0 amide bonds. The molecule has 0 radical (unpaired) electrons. The predicted molar refractivity (Wildman–Crippen MR) is 82.0 cm³/mol. The summed E-state index contributed by atoms with van der Waals surface area (Å²) in [6, 6.07) is 0.